The van der Waals surface area contributed by atoms with Gasteiger partial charge in [-0.15, -0.1) is 10.2 Å². The van der Waals surface area contributed by atoms with E-state index in [4.69, 9.17) is 0 Å². The Morgan fingerprint density at radius 3 is 2.47 bits per heavy atom. The number of aliphatic hydroxyl groups is 1. The van der Waals surface area contributed by atoms with Crippen molar-refractivity contribution >= 4 is 0 Å². The summed E-state index contributed by atoms with van der Waals surface area (Å²) in [5.74, 6) is -0.815. The van der Waals surface area contributed by atoms with Gasteiger partial charge in [-0.3, -0.25) is 0 Å². The molecule has 1 aliphatic rings. The van der Waals surface area contributed by atoms with Crippen LogP contribution in [0.15, 0.2) is 0 Å². The van der Waals surface area contributed by atoms with Crippen molar-refractivity contribution in [2.45, 2.75) is 64.5 Å². The lowest BCUT2D eigenvalue weighted by atomic mass is 9.86. The number of rotatable bonds is 4. The molecule has 1 fully saturated rings. The zero-order valence-corrected chi connectivity index (χ0v) is 11.4. The Labute approximate surface area is 111 Å². The van der Waals surface area contributed by atoms with Crippen molar-refractivity contribution in [2.24, 2.45) is 5.92 Å². The van der Waals surface area contributed by atoms with Gasteiger partial charge >= 0.3 is 0 Å². The highest BCUT2D eigenvalue weighted by atomic mass is 19.3. The summed E-state index contributed by atoms with van der Waals surface area (Å²) >= 11 is 0. The fraction of sp³-hybridized carbons (Fsp3) is 0.846. The molecule has 0 bridgehead atoms. The Morgan fingerprint density at radius 1 is 1.32 bits per heavy atom. The van der Waals surface area contributed by atoms with Crippen LogP contribution in [0.2, 0.25) is 0 Å². The molecule has 1 aromatic rings. The Kier molecular flexibility index (Phi) is 4.18. The number of aliphatic hydroxyl groups excluding tert-OH is 1. The van der Waals surface area contributed by atoms with Gasteiger partial charge in [-0.25, -0.2) is 8.78 Å². The van der Waals surface area contributed by atoms with Gasteiger partial charge in [-0.2, -0.15) is 0 Å². The zero-order valence-electron chi connectivity index (χ0n) is 11.4. The fourth-order valence-corrected chi connectivity index (χ4v) is 2.63. The predicted molar refractivity (Wildman–Crippen MR) is 66.9 cm³/mol. The van der Waals surface area contributed by atoms with Crippen LogP contribution in [0, 0.1) is 5.92 Å². The maximum Gasteiger partial charge on any atom is 0.248 e. The highest BCUT2D eigenvalue weighted by molar-refractivity contribution is 5.04. The molecule has 0 spiro atoms. The lowest BCUT2D eigenvalue weighted by molar-refractivity contribution is -0.0390. The minimum absolute atomic E-state index is 0.0335. The van der Waals surface area contributed by atoms with Crippen LogP contribution in [0.5, 0.6) is 0 Å². The Bertz CT molecular complexity index is 422. The third-order valence-electron chi connectivity index (χ3n) is 3.63. The topological polar surface area (TPSA) is 50.9 Å². The molecule has 0 atom stereocenters. The van der Waals surface area contributed by atoms with Gasteiger partial charge in [-0.1, -0.05) is 13.8 Å². The predicted octanol–water partition coefficient (Wildman–Crippen LogP) is 2.72. The molecule has 6 heteroatoms. The standard InChI is InChI=1S/C13H21F2N3O/c1-9(2)7-18-11(8-19)16-17-12(18)10-3-5-13(14,15)6-4-10/h9-10,19H,3-8H2,1-2H3. The van der Waals surface area contributed by atoms with E-state index in [2.05, 4.69) is 24.0 Å². The van der Waals surface area contributed by atoms with Crippen LogP contribution in [-0.2, 0) is 13.2 Å². The summed E-state index contributed by atoms with van der Waals surface area (Å²) in [5, 5.41) is 17.4. The summed E-state index contributed by atoms with van der Waals surface area (Å²) in [7, 11) is 0. The second-order valence-corrected chi connectivity index (χ2v) is 5.77. The first-order chi connectivity index (χ1) is 8.93. The van der Waals surface area contributed by atoms with Crippen molar-refractivity contribution in [3.63, 3.8) is 0 Å². The maximum absolute atomic E-state index is 13.2. The van der Waals surface area contributed by atoms with Crippen LogP contribution >= 0.6 is 0 Å². The van der Waals surface area contributed by atoms with Crippen LogP contribution in [0.25, 0.3) is 0 Å². The maximum atomic E-state index is 13.2. The van der Waals surface area contributed by atoms with Gasteiger partial charge < -0.3 is 9.67 Å². The average molecular weight is 273 g/mol. The number of halogens is 2. The van der Waals surface area contributed by atoms with E-state index in [1.54, 1.807) is 0 Å². The van der Waals surface area contributed by atoms with Crippen LogP contribution in [0.1, 0.15) is 57.1 Å². The number of nitrogens with zero attached hydrogens (tertiary/aromatic N) is 3. The van der Waals surface area contributed by atoms with Crippen molar-refractivity contribution in [3.05, 3.63) is 11.6 Å². The normalized spacial score (nSPS) is 20.1. The Hall–Kier alpha value is -1.04. The summed E-state index contributed by atoms with van der Waals surface area (Å²) in [6, 6.07) is 0. The van der Waals surface area contributed by atoms with E-state index in [0.717, 1.165) is 5.82 Å². The summed E-state index contributed by atoms with van der Waals surface area (Å²) in [5.41, 5.74) is 0. The summed E-state index contributed by atoms with van der Waals surface area (Å²) in [6.07, 6.45) is 0.713. The molecule has 0 aromatic carbocycles. The molecule has 0 aliphatic heterocycles. The fourth-order valence-electron chi connectivity index (χ4n) is 2.63. The SMILES string of the molecule is CC(C)Cn1c(CO)nnc1C1CCC(F)(F)CC1. The van der Waals surface area contributed by atoms with Crippen molar-refractivity contribution in [2.75, 3.05) is 0 Å². The zero-order chi connectivity index (χ0) is 14.0. The van der Waals surface area contributed by atoms with Gasteiger partial charge in [0.1, 0.15) is 12.4 Å². The van der Waals surface area contributed by atoms with Crippen molar-refractivity contribution in [3.8, 4) is 0 Å². The molecule has 0 radical (unpaired) electrons. The van der Waals surface area contributed by atoms with Gasteiger partial charge in [0.15, 0.2) is 5.82 Å². The molecule has 1 heterocycles. The van der Waals surface area contributed by atoms with Crippen molar-refractivity contribution in [1.29, 1.82) is 0 Å². The summed E-state index contributed by atoms with van der Waals surface area (Å²) in [4.78, 5) is 0. The van der Waals surface area contributed by atoms with Crippen LogP contribution in [-0.4, -0.2) is 25.8 Å². The van der Waals surface area contributed by atoms with Gasteiger partial charge in [-0.05, 0) is 18.8 Å². The minimum atomic E-state index is -2.53. The quantitative estimate of drug-likeness (QED) is 0.917. The lowest BCUT2D eigenvalue weighted by Crippen LogP contribution is -2.25. The monoisotopic (exact) mass is 273 g/mol. The van der Waals surface area contributed by atoms with Gasteiger partial charge in [0, 0.05) is 25.3 Å². The van der Waals surface area contributed by atoms with E-state index in [-0.39, 0.29) is 25.4 Å². The van der Waals surface area contributed by atoms with Crippen LogP contribution < -0.4 is 0 Å². The van der Waals surface area contributed by atoms with Crippen molar-refractivity contribution in [1.82, 2.24) is 14.8 Å². The summed E-state index contributed by atoms with van der Waals surface area (Å²) < 4.78 is 28.3. The average Bonchev–Trinajstić information content (AvgIpc) is 2.71. The minimum Gasteiger partial charge on any atom is -0.388 e. The smallest absolute Gasteiger partial charge is 0.248 e. The lowest BCUT2D eigenvalue weighted by Gasteiger charge is -2.28. The molecule has 108 valence electrons. The summed E-state index contributed by atoms with van der Waals surface area (Å²) in [6.45, 7) is 4.69. The molecule has 1 aromatic heterocycles. The van der Waals surface area contributed by atoms with E-state index in [1.807, 2.05) is 4.57 Å². The first kappa shape index (κ1) is 14.4. The van der Waals surface area contributed by atoms with Gasteiger partial charge in [0.2, 0.25) is 5.92 Å². The van der Waals surface area contributed by atoms with E-state index < -0.39 is 5.92 Å². The molecule has 2 rings (SSSR count). The van der Waals surface area contributed by atoms with E-state index in [1.165, 1.54) is 0 Å². The third-order valence-corrected chi connectivity index (χ3v) is 3.63. The second kappa shape index (κ2) is 5.53. The molecular weight excluding hydrogens is 252 g/mol. The second-order valence-electron chi connectivity index (χ2n) is 5.77. The van der Waals surface area contributed by atoms with E-state index in [0.29, 0.717) is 31.1 Å². The highest BCUT2D eigenvalue weighted by Gasteiger charge is 2.37. The molecule has 4 nitrogen and oxygen atoms in total. The third kappa shape index (κ3) is 3.29. The number of alkyl halides is 2. The van der Waals surface area contributed by atoms with E-state index >= 15 is 0 Å². The molecule has 1 aliphatic carbocycles. The van der Waals surface area contributed by atoms with Crippen LogP contribution in [0.4, 0.5) is 8.78 Å². The first-order valence-electron chi connectivity index (χ1n) is 6.83. The molecule has 0 unspecified atom stereocenters. The molecule has 1 N–H and O–H groups in total. The first-order valence-corrected chi connectivity index (χ1v) is 6.83. The van der Waals surface area contributed by atoms with Crippen molar-refractivity contribution < 1.29 is 13.9 Å². The molecular formula is C13H21F2N3O. The largest absolute Gasteiger partial charge is 0.388 e. The number of aromatic nitrogens is 3. The van der Waals surface area contributed by atoms with Gasteiger partial charge in [0.05, 0.1) is 0 Å². The number of hydrogen-bond acceptors (Lipinski definition) is 3. The van der Waals surface area contributed by atoms with Crippen LogP contribution in [0.3, 0.4) is 0 Å². The Balaban J connectivity index is 2.18. The Morgan fingerprint density at radius 2 is 1.95 bits per heavy atom. The molecule has 0 amide bonds. The van der Waals surface area contributed by atoms with Gasteiger partial charge in [0.25, 0.3) is 0 Å². The highest BCUT2D eigenvalue weighted by Crippen LogP contribution is 2.40. The molecule has 1 saturated carbocycles. The number of hydrogen-bond donors (Lipinski definition) is 1. The molecule has 0 saturated heterocycles. The molecule has 19 heavy (non-hydrogen) atoms. The van der Waals surface area contributed by atoms with E-state index in [9.17, 15) is 13.9 Å².